The molecular formula is C12H18N2O3. The van der Waals surface area contributed by atoms with Crippen LogP contribution < -0.4 is 4.90 Å². The largest absolute Gasteiger partial charge is 0.478 e. The van der Waals surface area contributed by atoms with Crippen molar-refractivity contribution in [2.24, 2.45) is 0 Å². The molecule has 0 atom stereocenters. The maximum atomic E-state index is 10.9. The van der Waals surface area contributed by atoms with E-state index in [2.05, 4.69) is 4.98 Å². The minimum Gasteiger partial charge on any atom is -0.478 e. The first-order valence-electron chi connectivity index (χ1n) is 5.50. The standard InChI is InChI=1S/C12H18N2O3/c1-4-14(8-12(2,3)17)10-7-9(11(15)16)5-6-13-10/h5-7,17H,4,8H2,1-3H3,(H,15,16). The highest BCUT2D eigenvalue weighted by Gasteiger charge is 2.19. The van der Waals surface area contributed by atoms with Gasteiger partial charge in [-0.15, -0.1) is 0 Å². The highest BCUT2D eigenvalue weighted by atomic mass is 16.4. The average Bonchev–Trinajstić information content (AvgIpc) is 2.25. The quantitative estimate of drug-likeness (QED) is 0.810. The van der Waals surface area contributed by atoms with Gasteiger partial charge in [0.25, 0.3) is 0 Å². The van der Waals surface area contributed by atoms with Crippen molar-refractivity contribution < 1.29 is 15.0 Å². The molecule has 5 nitrogen and oxygen atoms in total. The van der Waals surface area contributed by atoms with E-state index in [1.807, 2.05) is 11.8 Å². The summed E-state index contributed by atoms with van der Waals surface area (Å²) in [6, 6.07) is 2.96. The Kier molecular flexibility index (Phi) is 4.07. The molecule has 17 heavy (non-hydrogen) atoms. The van der Waals surface area contributed by atoms with Crippen LogP contribution in [0.4, 0.5) is 5.82 Å². The molecule has 1 aromatic rings. The van der Waals surface area contributed by atoms with E-state index in [1.165, 1.54) is 18.3 Å². The van der Waals surface area contributed by atoms with Crippen molar-refractivity contribution in [3.63, 3.8) is 0 Å². The van der Waals surface area contributed by atoms with Gasteiger partial charge in [-0.2, -0.15) is 0 Å². The summed E-state index contributed by atoms with van der Waals surface area (Å²) in [6.45, 7) is 6.40. The molecule has 0 aromatic carbocycles. The van der Waals surface area contributed by atoms with Crippen molar-refractivity contribution in [2.45, 2.75) is 26.4 Å². The molecule has 1 aromatic heterocycles. The number of aromatic nitrogens is 1. The number of carboxylic acids is 1. The maximum Gasteiger partial charge on any atom is 0.335 e. The van der Waals surface area contributed by atoms with Crippen LogP contribution in [0.5, 0.6) is 0 Å². The third-order valence-electron chi connectivity index (χ3n) is 2.28. The van der Waals surface area contributed by atoms with E-state index in [9.17, 15) is 9.90 Å². The Morgan fingerprint density at radius 2 is 2.18 bits per heavy atom. The second-order valence-electron chi connectivity index (χ2n) is 4.53. The van der Waals surface area contributed by atoms with Crippen molar-refractivity contribution in [1.82, 2.24) is 4.98 Å². The van der Waals surface area contributed by atoms with Crippen LogP contribution >= 0.6 is 0 Å². The van der Waals surface area contributed by atoms with Gasteiger partial charge in [0.2, 0.25) is 0 Å². The number of rotatable bonds is 5. The van der Waals surface area contributed by atoms with Gasteiger partial charge in [-0.1, -0.05) is 0 Å². The number of hydrogen-bond donors (Lipinski definition) is 2. The van der Waals surface area contributed by atoms with E-state index in [0.717, 1.165) is 0 Å². The van der Waals surface area contributed by atoms with Crippen LogP contribution in [0.2, 0.25) is 0 Å². The summed E-state index contributed by atoms with van der Waals surface area (Å²) in [6.07, 6.45) is 1.46. The molecule has 94 valence electrons. The molecule has 1 rings (SSSR count). The third kappa shape index (κ3) is 4.03. The fourth-order valence-electron chi connectivity index (χ4n) is 1.55. The van der Waals surface area contributed by atoms with Crippen LogP contribution in [0.3, 0.4) is 0 Å². The zero-order valence-corrected chi connectivity index (χ0v) is 10.3. The summed E-state index contributed by atoms with van der Waals surface area (Å²) in [7, 11) is 0. The number of likely N-dealkylation sites (N-methyl/N-ethyl adjacent to an activating group) is 1. The van der Waals surface area contributed by atoms with Crippen molar-refractivity contribution in [2.75, 3.05) is 18.0 Å². The van der Waals surface area contributed by atoms with E-state index in [4.69, 9.17) is 5.11 Å². The molecule has 0 aliphatic rings. The molecule has 1 heterocycles. The van der Waals surface area contributed by atoms with Gasteiger partial charge in [-0.3, -0.25) is 0 Å². The van der Waals surface area contributed by atoms with Gasteiger partial charge in [0.15, 0.2) is 0 Å². The molecule has 0 bridgehead atoms. The Morgan fingerprint density at radius 3 is 2.65 bits per heavy atom. The molecule has 2 N–H and O–H groups in total. The van der Waals surface area contributed by atoms with Gasteiger partial charge in [0.1, 0.15) is 5.82 Å². The van der Waals surface area contributed by atoms with Gasteiger partial charge < -0.3 is 15.1 Å². The predicted octanol–water partition coefficient (Wildman–Crippen LogP) is 1.38. The summed E-state index contributed by atoms with van der Waals surface area (Å²) < 4.78 is 0. The first-order valence-corrected chi connectivity index (χ1v) is 5.50. The van der Waals surface area contributed by atoms with Gasteiger partial charge in [0, 0.05) is 19.3 Å². The number of carboxylic acid groups (broad SMARTS) is 1. The lowest BCUT2D eigenvalue weighted by Crippen LogP contribution is -2.39. The van der Waals surface area contributed by atoms with E-state index < -0.39 is 11.6 Å². The number of aromatic carboxylic acids is 1. The third-order valence-corrected chi connectivity index (χ3v) is 2.28. The molecule has 0 amide bonds. The first-order chi connectivity index (χ1) is 7.83. The van der Waals surface area contributed by atoms with Crippen LogP contribution in [-0.4, -0.2) is 39.9 Å². The van der Waals surface area contributed by atoms with E-state index in [0.29, 0.717) is 18.9 Å². The Labute approximate surface area is 101 Å². The van der Waals surface area contributed by atoms with Crippen LogP contribution in [0, 0.1) is 0 Å². The molecule has 5 heteroatoms. The highest BCUT2D eigenvalue weighted by molar-refractivity contribution is 5.88. The second-order valence-corrected chi connectivity index (χ2v) is 4.53. The molecule has 0 spiro atoms. The monoisotopic (exact) mass is 238 g/mol. The Hall–Kier alpha value is -1.62. The van der Waals surface area contributed by atoms with Gasteiger partial charge >= 0.3 is 5.97 Å². The van der Waals surface area contributed by atoms with E-state index in [-0.39, 0.29) is 5.56 Å². The SMILES string of the molecule is CCN(CC(C)(C)O)c1cc(C(=O)O)ccn1. The predicted molar refractivity (Wildman–Crippen MR) is 65.4 cm³/mol. The van der Waals surface area contributed by atoms with Crippen molar-refractivity contribution in [1.29, 1.82) is 0 Å². The van der Waals surface area contributed by atoms with Crippen molar-refractivity contribution >= 4 is 11.8 Å². The minimum atomic E-state index is -0.979. The maximum absolute atomic E-state index is 10.9. The Morgan fingerprint density at radius 1 is 1.53 bits per heavy atom. The summed E-state index contributed by atoms with van der Waals surface area (Å²) in [5.74, 6) is -0.414. The zero-order chi connectivity index (χ0) is 13.1. The van der Waals surface area contributed by atoms with E-state index in [1.54, 1.807) is 13.8 Å². The molecular weight excluding hydrogens is 220 g/mol. The number of aliphatic hydroxyl groups is 1. The molecule has 0 aliphatic carbocycles. The van der Waals surface area contributed by atoms with E-state index >= 15 is 0 Å². The van der Waals surface area contributed by atoms with Crippen LogP contribution in [-0.2, 0) is 0 Å². The smallest absolute Gasteiger partial charge is 0.335 e. The summed E-state index contributed by atoms with van der Waals surface area (Å²) in [5.41, 5.74) is -0.652. The molecule has 0 unspecified atom stereocenters. The topological polar surface area (TPSA) is 73.7 Å². The van der Waals surface area contributed by atoms with Crippen LogP contribution in [0.15, 0.2) is 18.3 Å². The number of hydrogen-bond acceptors (Lipinski definition) is 4. The molecule has 0 fully saturated rings. The second kappa shape index (κ2) is 5.14. The summed E-state index contributed by atoms with van der Waals surface area (Å²) in [5, 5.41) is 18.7. The lowest BCUT2D eigenvalue weighted by atomic mass is 10.1. The normalized spacial score (nSPS) is 11.3. The highest BCUT2D eigenvalue weighted by Crippen LogP contribution is 2.15. The Balaban J connectivity index is 2.96. The summed E-state index contributed by atoms with van der Waals surface area (Å²) in [4.78, 5) is 16.8. The fraction of sp³-hybridized carbons (Fsp3) is 0.500. The number of anilines is 1. The number of nitrogens with zero attached hydrogens (tertiary/aromatic N) is 2. The fourth-order valence-corrected chi connectivity index (χ4v) is 1.55. The summed E-state index contributed by atoms with van der Waals surface area (Å²) >= 11 is 0. The first kappa shape index (κ1) is 13.4. The molecule has 0 saturated heterocycles. The molecule has 0 saturated carbocycles. The van der Waals surface area contributed by atoms with Gasteiger partial charge in [-0.05, 0) is 32.9 Å². The zero-order valence-electron chi connectivity index (χ0n) is 10.3. The van der Waals surface area contributed by atoms with Gasteiger partial charge in [-0.25, -0.2) is 9.78 Å². The van der Waals surface area contributed by atoms with Crippen LogP contribution in [0.25, 0.3) is 0 Å². The van der Waals surface area contributed by atoms with Crippen molar-refractivity contribution in [3.05, 3.63) is 23.9 Å². The number of carbonyl (C=O) groups is 1. The lowest BCUT2D eigenvalue weighted by molar-refractivity contribution is 0.0696. The minimum absolute atomic E-state index is 0.198. The molecule has 0 aliphatic heterocycles. The number of pyridine rings is 1. The van der Waals surface area contributed by atoms with Gasteiger partial charge in [0.05, 0.1) is 11.2 Å². The Bertz CT molecular complexity index is 399. The molecule has 0 radical (unpaired) electrons. The van der Waals surface area contributed by atoms with Crippen molar-refractivity contribution in [3.8, 4) is 0 Å². The van der Waals surface area contributed by atoms with Crippen LogP contribution in [0.1, 0.15) is 31.1 Å². The lowest BCUT2D eigenvalue weighted by Gasteiger charge is -2.29. The average molecular weight is 238 g/mol.